The number of hydrogen-bond acceptors (Lipinski definition) is 2. The van der Waals surface area contributed by atoms with E-state index < -0.39 is 0 Å². The molecular formula is C9H19NO. The molecule has 0 aromatic carbocycles. The molecule has 0 bridgehead atoms. The molecule has 11 heavy (non-hydrogen) atoms. The minimum Gasteiger partial charge on any atom is -0.396 e. The molecular weight excluding hydrogens is 138 g/mol. The van der Waals surface area contributed by atoms with Crippen LogP contribution >= 0.6 is 0 Å². The molecule has 1 rings (SSSR count). The molecule has 2 N–H and O–H groups in total. The topological polar surface area (TPSA) is 32.3 Å². The maximum absolute atomic E-state index is 8.70. The molecule has 66 valence electrons. The van der Waals surface area contributed by atoms with Gasteiger partial charge in [-0.25, -0.2) is 0 Å². The Labute approximate surface area is 69.0 Å². The molecule has 0 amide bonds. The first-order valence-electron chi connectivity index (χ1n) is 4.71. The van der Waals surface area contributed by atoms with Gasteiger partial charge >= 0.3 is 0 Å². The first-order valence-corrected chi connectivity index (χ1v) is 4.71. The highest BCUT2D eigenvalue weighted by Crippen LogP contribution is 2.18. The molecule has 1 fully saturated rings. The summed E-state index contributed by atoms with van der Waals surface area (Å²) in [5.74, 6) is 0.880. The highest BCUT2D eigenvalue weighted by atomic mass is 16.3. The summed E-state index contributed by atoms with van der Waals surface area (Å²) in [6.45, 7) is 3.73. The monoisotopic (exact) mass is 157 g/mol. The largest absolute Gasteiger partial charge is 0.396 e. The van der Waals surface area contributed by atoms with Crippen LogP contribution in [0, 0.1) is 5.92 Å². The van der Waals surface area contributed by atoms with Crippen LogP contribution in [-0.4, -0.2) is 24.3 Å². The van der Waals surface area contributed by atoms with Gasteiger partial charge < -0.3 is 10.4 Å². The summed E-state index contributed by atoms with van der Waals surface area (Å²) in [6, 6.07) is 0.586. The zero-order chi connectivity index (χ0) is 8.10. The van der Waals surface area contributed by atoms with E-state index in [2.05, 4.69) is 12.2 Å². The second-order valence-corrected chi connectivity index (χ2v) is 3.47. The molecule has 0 spiro atoms. The molecule has 1 saturated heterocycles. The Kier molecular flexibility index (Phi) is 3.87. The molecule has 0 saturated carbocycles. The lowest BCUT2D eigenvalue weighted by Gasteiger charge is -2.28. The van der Waals surface area contributed by atoms with Crippen LogP contribution in [-0.2, 0) is 0 Å². The van der Waals surface area contributed by atoms with Crippen LogP contribution in [0.1, 0.15) is 32.6 Å². The van der Waals surface area contributed by atoms with Crippen molar-refractivity contribution in [2.45, 2.75) is 38.6 Å². The lowest BCUT2D eigenvalue weighted by atomic mass is 9.92. The van der Waals surface area contributed by atoms with E-state index in [9.17, 15) is 0 Å². The Hall–Kier alpha value is -0.0800. The Balaban J connectivity index is 2.14. The Bertz CT molecular complexity index is 97.7. The number of rotatable bonds is 3. The minimum absolute atomic E-state index is 0.328. The zero-order valence-electron chi connectivity index (χ0n) is 7.34. The average Bonchev–Trinajstić information content (AvgIpc) is 2.07. The van der Waals surface area contributed by atoms with E-state index in [4.69, 9.17) is 5.11 Å². The fourth-order valence-corrected chi connectivity index (χ4v) is 1.73. The third-order valence-electron chi connectivity index (χ3n) is 2.67. The molecule has 2 atom stereocenters. The number of piperidine rings is 1. The van der Waals surface area contributed by atoms with E-state index >= 15 is 0 Å². The van der Waals surface area contributed by atoms with Crippen molar-refractivity contribution in [2.75, 3.05) is 13.2 Å². The maximum Gasteiger partial charge on any atom is 0.0445 e. The summed E-state index contributed by atoms with van der Waals surface area (Å²) in [7, 11) is 0. The van der Waals surface area contributed by atoms with Crippen molar-refractivity contribution in [2.24, 2.45) is 5.92 Å². The fourth-order valence-electron chi connectivity index (χ4n) is 1.73. The van der Waals surface area contributed by atoms with Gasteiger partial charge in [-0.15, -0.1) is 0 Å². The van der Waals surface area contributed by atoms with Crippen molar-refractivity contribution in [3.8, 4) is 0 Å². The van der Waals surface area contributed by atoms with Crippen LogP contribution in [0.3, 0.4) is 0 Å². The summed E-state index contributed by atoms with van der Waals surface area (Å²) in [5.41, 5.74) is 0. The lowest BCUT2D eigenvalue weighted by molar-refractivity contribution is 0.229. The van der Waals surface area contributed by atoms with Crippen molar-refractivity contribution in [1.29, 1.82) is 0 Å². The predicted molar refractivity (Wildman–Crippen MR) is 46.5 cm³/mol. The van der Waals surface area contributed by atoms with Crippen molar-refractivity contribution in [3.63, 3.8) is 0 Å². The molecule has 0 radical (unpaired) electrons. The molecule has 2 nitrogen and oxygen atoms in total. The van der Waals surface area contributed by atoms with Gasteiger partial charge in [0.1, 0.15) is 0 Å². The molecule has 1 aliphatic heterocycles. The van der Waals surface area contributed by atoms with Crippen molar-refractivity contribution >= 4 is 0 Å². The number of hydrogen-bond donors (Lipinski definition) is 2. The molecule has 0 aliphatic carbocycles. The number of nitrogens with one attached hydrogen (secondary N) is 1. The van der Waals surface area contributed by atoms with E-state index in [-0.39, 0.29) is 0 Å². The molecule has 1 heterocycles. The summed E-state index contributed by atoms with van der Waals surface area (Å²) in [4.78, 5) is 0. The van der Waals surface area contributed by atoms with E-state index in [0.717, 1.165) is 18.9 Å². The van der Waals surface area contributed by atoms with Gasteiger partial charge in [-0.2, -0.15) is 0 Å². The smallest absolute Gasteiger partial charge is 0.0445 e. The van der Waals surface area contributed by atoms with Gasteiger partial charge in [0, 0.05) is 12.6 Å². The van der Waals surface area contributed by atoms with Crippen LogP contribution in [0.25, 0.3) is 0 Å². The lowest BCUT2D eigenvalue weighted by Crippen LogP contribution is -2.39. The second kappa shape index (κ2) is 4.73. The van der Waals surface area contributed by atoms with Crippen LogP contribution in [0.4, 0.5) is 0 Å². The molecule has 0 aromatic heterocycles. The molecule has 0 aromatic rings. The van der Waals surface area contributed by atoms with Crippen LogP contribution in [0.15, 0.2) is 0 Å². The van der Waals surface area contributed by atoms with E-state index in [1.807, 2.05) is 0 Å². The third kappa shape index (κ3) is 2.80. The SMILES string of the molecule is CC[C@H]1CC[C@H](CCO)NC1. The van der Waals surface area contributed by atoms with Crippen molar-refractivity contribution in [1.82, 2.24) is 5.32 Å². The Morgan fingerprint density at radius 2 is 2.27 bits per heavy atom. The maximum atomic E-state index is 8.70. The average molecular weight is 157 g/mol. The quantitative estimate of drug-likeness (QED) is 0.644. The number of aliphatic hydroxyl groups is 1. The Morgan fingerprint density at radius 1 is 1.45 bits per heavy atom. The highest BCUT2D eigenvalue weighted by Gasteiger charge is 2.17. The first-order chi connectivity index (χ1) is 5.36. The second-order valence-electron chi connectivity index (χ2n) is 3.47. The molecule has 0 unspecified atom stereocenters. The van der Waals surface area contributed by atoms with Gasteiger partial charge in [-0.1, -0.05) is 13.3 Å². The van der Waals surface area contributed by atoms with Gasteiger partial charge in [0.15, 0.2) is 0 Å². The normalized spacial score (nSPS) is 32.2. The highest BCUT2D eigenvalue weighted by molar-refractivity contribution is 4.76. The van der Waals surface area contributed by atoms with E-state index in [1.54, 1.807) is 0 Å². The van der Waals surface area contributed by atoms with Gasteiger partial charge in [-0.05, 0) is 31.7 Å². The van der Waals surface area contributed by atoms with Crippen molar-refractivity contribution < 1.29 is 5.11 Å². The predicted octanol–water partition coefficient (Wildman–Crippen LogP) is 1.15. The van der Waals surface area contributed by atoms with Crippen molar-refractivity contribution in [3.05, 3.63) is 0 Å². The zero-order valence-corrected chi connectivity index (χ0v) is 7.34. The van der Waals surface area contributed by atoms with E-state index in [0.29, 0.717) is 12.6 Å². The standard InChI is InChI=1S/C9H19NO/c1-2-8-3-4-9(5-6-11)10-7-8/h8-11H,2-7H2,1H3/t8-,9+/m0/s1. The van der Waals surface area contributed by atoms with Crippen LogP contribution in [0.2, 0.25) is 0 Å². The fraction of sp³-hybridized carbons (Fsp3) is 1.00. The molecule has 2 heteroatoms. The van der Waals surface area contributed by atoms with Gasteiger partial charge in [0.05, 0.1) is 0 Å². The van der Waals surface area contributed by atoms with E-state index in [1.165, 1.54) is 19.3 Å². The third-order valence-corrected chi connectivity index (χ3v) is 2.67. The summed E-state index contributed by atoms with van der Waals surface area (Å²) in [5, 5.41) is 12.2. The summed E-state index contributed by atoms with van der Waals surface area (Å²) >= 11 is 0. The first kappa shape index (κ1) is 9.01. The Morgan fingerprint density at radius 3 is 2.73 bits per heavy atom. The van der Waals surface area contributed by atoms with Gasteiger partial charge in [-0.3, -0.25) is 0 Å². The molecule has 1 aliphatic rings. The number of aliphatic hydroxyl groups excluding tert-OH is 1. The minimum atomic E-state index is 0.328. The summed E-state index contributed by atoms with van der Waals surface area (Å²) in [6.07, 6.45) is 4.81. The van der Waals surface area contributed by atoms with Crippen LogP contribution < -0.4 is 5.32 Å². The van der Waals surface area contributed by atoms with Gasteiger partial charge in [0.2, 0.25) is 0 Å². The summed E-state index contributed by atoms with van der Waals surface area (Å²) < 4.78 is 0. The van der Waals surface area contributed by atoms with Gasteiger partial charge in [0.25, 0.3) is 0 Å². The van der Waals surface area contributed by atoms with Crippen LogP contribution in [0.5, 0.6) is 0 Å².